The van der Waals surface area contributed by atoms with Gasteiger partial charge in [-0.3, -0.25) is 4.79 Å². The lowest BCUT2D eigenvalue weighted by molar-refractivity contribution is -0.134. The minimum absolute atomic E-state index is 0.162. The van der Waals surface area contributed by atoms with E-state index in [1.54, 1.807) is 29.2 Å². The monoisotopic (exact) mass is 305 g/mol. The van der Waals surface area contributed by atoms with Crippen LogP contribution in [0.1, 0.15) is 11.1 Å². The van der Waals surface area contributed by atoms with Gasteiger partial charge in [0.25, 0.3) is 0 Å². The van der Waals surface area contributed by atoms with Crippen LogP contribution in [-0.4, -0.2) is 43.2 Å². The lowest BCUT2D eigenvalue weighted by Crippen LogP contribution is -2.51. The Morgan fingerprint density at radius 1 is 1.29 bits per heavy atom. The molecular formula is C14H15N3O3S. The molecule has 1 fully saturated rings. The number of piperazine rings is 1. The predicted octanol–water partition coefficient (Wildman–Crippen LogP) is 0.676. The molecule has 0 unspecified atom stereocenters. The Morgan fingerprint density at radius 3 is 2.48 bits per heavy atom. The molecule has 0 saturated carbocycles. The van der Waals surface area contributed by atoms with Gasteiger partial charge >= 0.3 is 0 Å². The van der Waals surface area contributed by atoms with Crippen LogP contribution in [0.5, 0.6) is 0 Å². The minimum Gasteiger partial charge on any atom is -0.336 e. The maximum absolute atomic E-state index is 12.0. The van der Waals surface area contributed by atoms with Gasteiger partial charge in [0.1, 0.15) is 0 Å². The molecule has 110 valence electrons. The van der Waals surface area contributed by atoms with Crippen molar-refractivity contribution in [2.45, 2.75) is 6.54 Å². The number of hydrogen-bond acceptors (Lipinski definition) is 4. The number of nitrogens with zero attached hydrogens (tertiary/aromatic N) is 3. The molecule has 1 aromatic carbocycles. The van der Waals surface area contributed by atoms with Gasteiger partial charge in [-0.2, -0.15) is 9.57 Å². The van der Waals surface area contributed by atoms with Gasteiger partial charge in [0.15, 0.2) is 0 Å². The third kappa shape index (κ3) is 3.48. The Bertz CT molecular complexity index is 689. The fourth-order valence-electron chi connectivity index (χ4n) is 2.08. The number of benzene rings is 1. The van der Waals surface area contributed by atoms with E-state index in [1.807, 2.05) is 6.07 Å². The molecule has 7 heteroatoms. The number of carbonyl (C=O) groups is 1. The van der Waals surface area contributed by atoms with Crippen molar-refractivity contribution in [3.63, 3.8) is 0 Å². The standard InChI is InChI=1S/C14H15N3O3S/c1-2-21(19,20)17-8-7-16(14(18)11-17)10-13-5-3-12(9-15)4-6-13/h2-6H,1,7-8,10-11H2. The molecule has 1 heterocycles. The first-order valence-electron chi connectivity index (χ1n) is 6.35. The SMILES string of the molecule is C=CS(=O)(=O)N1CCN(Cc2ccc(C#N)cc2)C(=O)C1. The zero-order valence-corrected chi connectivity index (χ0v) is 12.2. The van der Waals surface area contributed by atoms with Crippen LogP contribution in [0.15, 0.2) is 36.3 Å². The minimum atomic E-state index is -3.55. The normalized spacial score (nSPS) is 16.5. The molecule has 2 rings (SSSR count). The van der Waals surface area contributed by atoms with E-state index < -0.39 is 10.0 Å². The Balaban J connectivity index is 2.02. The molecule has 0 spiro atoms. The molecule has 21 heavy (non-hydrogen) atoms. The van der Waals surface area contributed by atoms with Crippen LogP contribution in [0, 0.1) is 11.3 Å². The van der Waals surface area contributed by atoms with Gasteiger partial charge in [-0.15, -0.1) is 0 Å². The molecule has 1 saturated heterocycles. The molecule has 1 aliphatic rings. The first-order valence-corrected chi connectivity index (χ1v) is 7.86. The summed E-state index contributed by atoms with van der Waals surface area (Å²) in [6.07, 6.45) is 0. The number of sulfonamides is 1. The second-order valence-corrected chi connectivity index (χ2v) is 6.55. The van der Waals surface area contributed by atoms with Crippen LogP contribution in [0.3, 0.4) is 0 Å². The van der Waals surface area contributed by atoms with Gasteiger partial charge in [-0.1, -0.05) is 18.7 Å². The summed E-state index contributed by atoms with van der Waals surface area (Å²) >= 11 is 0. The summed E-state index contributed by atoms with van der Waals surface area (Å²) in [6.45, 7) is 4.10. The molecule has 1 aliphatic heterocycles. The van der Waals surface area contributed by atoms with E-state index in [2.05, 4.69) is 6.58 Å². The molecule has 0 bridgehead atoms. The smallest absolute Gasteiger partial charge is 0.238 e. The van der Waals surface area contributed by atoms with E-state index in [4.69, 9.17) is 5.26 Å². The van der Waals surface area contributed by atoms with Crippen molar-refractivity contribution >= 4 is 15.9 Å². The highest BCUT2D eigenvalue weighted by atomic mass is 32.2. The highest BCUT2D eigenvalue weighted by Gasteiger charge is 2.29. The van der Waals surface area contributed by atoms with Gasteiger partial charge in [0.05, 0.1) is 18.2 Å². The van der Waals surface area contributed by atoms with Gasteiger partial charge in [-0.05, 0) is 17.7 Å². The molecule has 0 aliphatic carbocycles. The Kier molecular flexibility index (Phi) is 4.40. The molecule has 0 radical (unpaired) electrons. The third-order valence-electron chi connectivity index (χ3n) is 3.31. The van der Waals surface area contributed by atoms with E-state index in [1.165, 1.54) is 0 Å². The number of carbonyl (C=O) groups excluding carboxylic acids is 1. The lowest BCUT2D eigenvalue weighted by Gasteiger charge is -2.33. The van der Waals surface area contributed by atoms with Gasteiger partial charge < -0.3 is 4.90 Å². The average Bonchev–Trinajstić information content (AvgIpc) is 2.50. The van der Waals surface area contributed by atoms with E-state index in [0.29, 0.717) is 18.7 Å². The summed E-state index contributed by atoms with van der Waals surface area (Å²) < 4.78 is 24.4. The Hall–Kier alpha value is -2.17. The largest absolute Gasteiger partial charge is 0.336 e. The summed E-state index contributed by atoms with van der Waals surface area (Å²) in [5.41, 5.74) is 1.47. The molecule has 1 aromatic rings. The van der Waals surface area contributed by atoms with E-state index in [0.717, 1.165) is 15.3 Å². The summed E-state index contributed by atoms with van der Waals surface area (Å²) in [5.74, 6) is -0.240. The van der Waals surface area contributed by atoms with Gasteiger partial charge in [0.2, 0.25) is 15.9 Å². The second kappa shape index (κ2) is 6.08. The van der Waals surface area contributed by atoms with Crippen LogP contribution in [0.25, 0.3) is 0 Å². The quantitative estimate of drug-likeness (QED) is 0.819. The van der Waals surface area contributed by atoms with Crippen LogP contribution in [0.2, 0.25) is 0 Å². The molecule has 0 atom stereocenters. The van der Waals surface area contributed by atoms with Crippen molar-refractivity contribution in [1.82, 2.24) is 9.21 Å². The van der Waals surface area contributed by atoms with Crippen LogP contribution in [0.4, 0.5) is 0 Å². The number of nitriles is 1. The summed E-state index contributed by atoms with van der Waals surface area (Å²) in [6, 6.07) is 9.00. The third-order valence-corrected chi connectivity index (χ3v) is 4.76. The van der Waals surface area contributed by atoms with Crippen molar-refractivity contribution in [2.24, 2.45) is 0 Å². The average molecular weight is 305 g/mol. The second-order valence-electron chi connectivity index (χ2n) is 4.67. The Labute approximate surface area is 123 Å². The van der Waals surface area contributed by atoms with E-state index >= 15 is 0 Å². The molecule has 1 amide bonds. The first-order chi connectivity index (χ1) is 9.96. The van der Waals surface area contributed by atoms with Gasteiger partial charge in [0, 0.05) is 25.0 Å². The lowest BCUT2D eigenvalue weighted by atomic mass is 10.1. The van der Waals surface area contributed by atoms with Crippen LogP contribution >= 0.6 is 0 Å². The molecule has 0 N–H and O–H groups in total. The maximum atomic E-state index is 12.0. The predicted molar refractivity (Wildman–Crippen MR) is 77.3 cm³/mol. The molecule has 0 aromatic heterocycles. The zero-order valence-electron chi connectivity index (χ0n) is 11.4. The van der Waals surface area contributed by atoms with Crippen molar-refractivity contribution in [3.05, 3.63) is 47.4 Å². The molecular weight excluding hydrogens is 290 g/mol. The van der Waals surface area contributed by atoms with Crippen molar-refractivity contribution in [2.75, 3.05) is 19.6 Å². The summed E-state index contributed by atoms with van der Waals surface area (Å²) in [4.78, 5) is 13.6. The molecule has 6 nitrogen and oxygen atoms in total. The summed E-state index contributed by atoms with van der Waals surface area (Å²) in [5, 5.41) is 9.59. The van der Waals surface area contributed by atoms with E-state index in [9.17, 15) is 13.2 Å². The van der Waals surface area contributed by atoms with Gasteiger partial charge in [-0.25, -0.2) is 8.42 Å². The van der Waals surface area contributed by atoms with E-state index in [-0.39, 0.29) is 19.0 Å². The van der Waals surface area contributed by atoms with Crippen molar-refractivity contribution in [1.29, 1.82) is 5.26 Å². The number of hydrogen-bond donors (Lipinski definition) is 0. The highest BCUT2D eigenvalue weighted by molar-refractivity contribution is 7.92. The summed E-state index contributed by atoms with van der Waals surface area (Å²) in [7, 11) is -3.55. The number of rotatable bonds is 4. The Morgan fingerprint density at radius 2 is 1.95 bits per heavy atom. The van der Waals surface area contributed by atoms with Crippen molar-refractivity contribution in [3.8, 4) is 6.07 Å². The topological polar surface area (TPSA) is 81.5 Å². The maximum Gasteiger partial charge on any atom is 0.238 e. The fourth-order valence-corrected chi connectivity index (χ4v) is 2.92. The van der Waals surface area contributed by atoms with Crippen LogP contribution < -0.4 is 0 Å². The van der Waals surface area contributed by atoms with Crippen molar-refractivity contribution < 1.29 is 13.2 Å². The number of amides is 1. The first kappa shape index (κ1) is 15.2. The highest BCUT2D eigenvalue weighted by Crippen LogP contribution is 2.13. The fraction of sp³-hybridized carbons (Fsp3) is 0.286. The zero-order chi connectivity index (χ0) is 15.5. The van der Waals surface area contributed by atoms with Crippen LogP contribution in [-0.2, 0) is 21.4 Å².